The zero-order valence-electron chi connectivity index (χ0n) is 15.4. The molecule has 1 N–H and O–H groups in total. The maximum atomic E-state index is 12.8. The summed E-state index contributed by atoms with van der Waals surface area (Å²) in [6.45, 7) is 1.66. The van der Waals surface area contributed by atoms with E-state index in [-0.39, 0.29) is 10.5 Å². The molecule has 3 rings (SSSR count). The standard InChI is InChI=1S/C21H19NO5S/c1-15-8-9-16(21(23)26-2)14-20(15)28(24,25)22-17-10-12-19(13-11-17)27-18-6-4-3-5-7-18/h3-14,22H,1-2H3. The van der Waals surface area contributed by atoms with Crippen LogP contribution in [0.4, 0.5) is 5.69 Å². The number of hydrogen-bond acceptors (Lipinski definition) is 5. The van der Waals surface area contributed by atoms with Crippen molar-refractivity contribution in [2.24, 2.45) is 0 Å². The second kappa shape index (κ2) is 8.14. The van der Waals surface area contributed by atoms with Gasteiger partial charge in [0.15, 0.2) is 0 Å². The molecule has 0 radical (unpaired) electrons. The number of methoxy groups -OCH3 is 1. The summed E-state index contributed by atoms with van der Waals surface area (Å²) in [5.74, 6) is 0.669. The van der Waals surface area contributed by atoms with Crippen LogP contribution in [0.1, 0.15) is 15.9 Å². The molecular formula is C21H19NO5S. The average molecular weight is 397 g/mol. The van der Waals surface area contributed by atoms with E-state index < -0.39 is 16.0 Å². The van der Waals surface area contributed by atoms with E-state index in [1.165, 1.54) is 19.2 Å². The number of nitrogens with one attached hydrogen (secondary N) is 1. The van der Waals surface area contributed by atoms with Gasteiger partial charge in [0, 0.05) is 5.69 Å². The molecule has 3 aromatic rings. The van der Waals surface area contributed by atoms with Crippen molar-refractivity contribution >= 4 is 21.7 Å². The highest BCUT2D eigenvalue weighted by Crippen LogP contribution is 2.25. The first-order chi connectivity index (χ1) is 13.4. The second-order valence-corrected chi connectivity index (χ2v) is 7.67. The van der Waals surface area contributed by atoms with Crippen LogP contribution >= 0.6 is 0 Å². The van der Waals surface area contributed by atoms with Crippen molar-refractivity contribution in [2.75, 3.05) is 11.8 Å². The molecule has 0 fully saturated rings. The number of para-hydroxylation sites is 1. The summed E-state index contributed by atoms with van der Waals surface area (Å²) >= 11 is 0. The van der Waals surface area contributed by atoms with E-state index in [9.17, 15) is 13.2 Å². The number of hydrogen-bond donors (Lipinski definition) is 1. The predicted molar refractivity (Wildman–Crippen MR) is 106 cm³/mol. The summed E-state index contributed by atoms with van der Waals surface area (Å²) in [5, 5.41) is 0. The third-order valence-electron chi connectivity index (χ3n) is 3.98. The summed E-state index contributed by atoms with van der Waals surface area (Å²) in [5.41, 5.74) is 1.06. The van der Waals surface area contributed by atoms with Crippen LogP contribution in [-0.2, 0) is 14.8 Å². The van der Waals surface area contributed by atoms with Crippen LogP contribution in [-0.4, -0.2) is 21.5 Å². The molecule has 0 spiro atoms. The predicted octanol–water partition coefficient (Wildman–Crippen LogP) is 4.37. The van der Waals surface area contributed by atoms with Gasteiger partial charge in [-0.3, -0.25) is 4.72 Å². The Morgan fingerprint density at radius 2 is 1.54 bits per heavy atom. The lowest BCUT2D eigenvalue weighted by molar-refractivity contribution is 0.0600. The smallest absolute Gasteiger partial charge is 0.337 e. The lowest BCUT2D eigenvalue weighted by atomic mass is 10.1. The number of sulfonamides is 1. The van der Waals surface area contributed by atoms with Gasteiger partial charge in [0.25, 0.3) is 10.0 Å². The van der Waals surface area contributed by atoms with Crippen LogP contribution < -0.4 is 9.46 Å². The molecule has 144 valence electrons. The van der Waals surface area contributed by atoms with E-state index in [1.807, 2.05) is 30.3 Å². The van der Waals surface area contributed by atoms with Gasteiger partial charge in [0.05, 0.1) is 17.6 Å². The highest BCUT2D eigenvalue weighted by atomic mass is 32.2. The first kappa shape index (κ1) is 19.4. The molecule has 7 heteroatoms. The van der Waals surface area contributed by atoms with Crippen LogP contribution in [0.3, 0.4) is 0 Å². The Morgan fingerprint density at radius 1 is 0.893 bits per heavy atom. The van der Waals surface area contributed by atoms with Gasteiger partial charge in [0.2, 0.25) is 0 Å². The minimum absolute atomic E-state index is 0.0139. The van der Waals surface area contributed by atoms with Gasteiger partial charge in [-0.15, -0.1) is 0 Å². The van der Waals surface area contributed by atoms with Gasteiger partial charge in [-0.2, -0.15) is 0 Å². The Balaban J connectivity index is 1.80. The molecule has 0 aliphatic heterocycles. The minimum Gasteiger partial charge on any atom is -0.465 e. The summed E-state index contributed by atoms with van der Waals surface area (Å²) in [6, 6.07) is 20.2. The van der Waals surface area contributed by atoms with Crippen LogP contribution in [0.5, 0.6) is 11.5 Å². The van der Waals surface area contributed by atoms with Crippen molar-refractivity contribution in [3.63, 3.8) is 0 Å². The first-order valence-electron chi connectivity index (χ1n) is 8.44. The topological polar surface area (TPSA) is 81.7 Å². The molecule has 0 amide bonds. The van der Waals surface area contributed by atoms with Crippen LogP contribution in [0.15, 0.2) is 77.7 Å². The van der Waals surface area contributed by atoms with E-state index in [1.54, 1.807) is 37.3 Å². The highest BCUT2D eigenvalue weighted by molar-refractivity contribution is 7.92. The quantitative estimate of drug-likeness (QED) is 0.625. The maximum absolute atomic E-state index is 12.8. The number of aryl methyl sites for hydroxylation is 1. The van der Waals surface area contributed by atoms with E-state index in [0.29, 0.717) is 22.7 Å². The summed E-state index contributed by atoms with van der Waals surface area (Å²) in [7, 11) is -2.63. The fourth-order valence-corrected chi connectivity index (χ4v) is 3.89. The molecule has 0 saturated carbocycles. The Hall–Kier alpha value is -3.32. The summed E-state index contributed by atoms with van der Waals surface area (Å²) < 4.78 is 38.4. The summed E-state index contributed by atoms with van der Waals surface area (Å²) in [4.78, 5) is 11.7. The number of esters is 1. The van der Waals surface area contributed by atoms with Crippen LogP contribution in [0, 0.1) is 6.92 Å². The van der Waals surface area contributed by atoms with Crippen molar-refractivity contribution < 1.29 is 22.7 Å². The molecular weight excluding hydrogens is 378 g/mol. The van der Waals surface area contributed by atoms with Gasteiger partial charge in [0.1, 0.15) is 11.5 Å². The Bertz CT molecular complexity index is 1080. The lowest BCUT2D eigenvalue weighted by Crippen LogP contribution is -2.15. The first-order valence-corrected chi connectivity index (χ1v) is 9.92. The summed E-state index contributed by atoms with van der Waals surface area (Å²) in [6.07, 6.45) is 0. The third kappa shape index (κ3) is 4.50. The van der Waals surface area contributed by atoms with E-state index in [0.717, 1.165) is 0 Å². The van der Waals surface area contributed by atoms with Crippen molar-refractivity contribution in [1.29, 1.82) is 0 Å². The molecule has 0 aromatic heterocycles. The van der Waals surface area contributed by atoms with Crippen LogP contribution in [0.2, 0.25) is 0 Å². The van der Waals surface area contributed by atoms with E-state index in [2.05, 4.69) is 9.46 Å². The van der Waals surface area contributed by atoms with Gasteiger partial charge in [-0.25, -0.2) is 13.2 Å². The zero-order chi connectivity index (χ0) is 20.1. The molecule has 0 atom stereocenters. The van der Waals surface area contributed by atoms with Gasteiger partial charge in [-0.1, -0.05) is 24.3 Å². The number of anilines is 1. The van der Waals surface area contributed by atoms with Crippen molar-refractivity contribution in [2.45, 2.75) is 11.8 Å². The molecule has 28 heavy (non-hydrogen) atoms. The average Bonchev–Trinajstić information content (AvgIpc) is 2.69. The number of rotatable bonds is 6. The number of carbonyl (C=O) groups is 1. The number of benzene rings is 3. The van der Waals surface area contributed by atoms with E-state index >= 15 is 0 Å². The highest BCUT2D eigenvalue weighted by Gasteiger charge is 2.19. The van der Waals surface area contributed by atoms with Gasteiger partial charge < -0.3 is 9.47 Å². The molecule has 0 bridgehead atoms. The molecule has 0 aliphatic rings. The molecule has 6 nitrogen and oxygen atoms in total. The largest absolute Gasteiger partial charge is 0.465 e. The number of carbonyl (C=O) groups excluding carboxylic acids is 1. The fourth-order valence-electron chi connectivity index (χ4n) is 2.56. The lowest BCUT2D eigenvalue weighted by Gasteiger charge is -2.12. The minimum atomic E-state index is -3.88. The molecule has 0 aliphatic carbocycles. The molecule has 0 saturated heterocycles. The van der Waals surface area contributed by atoms with Crippen LogP contribution in [0.25, 0.3) is 0 Å². The SMILES string of the molecule is COC(=O)c1ccc(C)c(S(=O)(=O)Nc2ccc(Oc3ccccc3)cc2)c1. The Morgan fingerprint density at radius 3 is 2.18 bits per heavy atom. The number of ether oxygens (including phenoxy) is 2. The second-order valence-electron chi connectivity index (χ2n) is 6.02. The molecule has 0 unspecified atom stereocenters. The fraction of sp³-hybridized carbons (Fsp3) is 0.0952. The Labute approximate surface area is 163 Å². The van der Waals surface area contributed by atoms with Crippen molar-refractivity contribution in [1.82, 2.24) is 0 Å². The zero-order valence-corrected chi connectivity index (χ0v) is 16.2. The maximum Gasteiger partial charge on any atom is 0.337 e. The molecule has 3 aromatic carbocycles. The normalized spacial score (nSPS) is 10.9. The van der Waals surface area contributed by atoms with Gasteiger partial charge in [-0.05, 0) is 61.0 Å². The third-order valence-corrected chi connectivity index (χ3v) is 5.51. The van der Waals surface area contributed by atoms with Crippen molar-refractivity contribution in [3.8, 4) is 11.5 Å². The monoisotopic (exact) mass is 397 g/mol. The van der Waals surface area contributed by atoms with Crippen molar-refractivity contribution in [3.05, 3.63) is 83.9 Å². The Kier molecular flexibility index (Phi) is 5.65. The van der Waals surface area contributed by atoms with Gasteiger partial charge >= 0.3 is 5.97 Å². The molecule has 0 heterocycles. The van der Waals surface area contributed by atoms with E-state index in [4.69, 9.17) is 4.74 Å².